The van der Waals surface area contributed by atoms with Gasteiger partial charge in [0, 0.05) is 42.4 Å². The molecule has 3 heterocycles. The van der Waals surface area contributed by atoms with E-state index >= 15 is 0 Å². The highest BCUT2D eigenvalue weighted by Gasteiger charge is 2.10. The van der Waals surface area contributed by atoms with E-state index in [4.69, 9.17) is 0 Å². The number of nitrogens with one attached hydrogen (secondary N) is 2. The Labute approximate surface area is 166 Å². The average molecular weight is 374 g/mol. The van der Waals surface area contributed by atoms with Crippen molar-refractivity contribution in [3.8, 4) is 0 Å². The summed E-state index contributed by atoms with van der Waals surface area (Å²) < 4.78 is 0. The minimum atomic E-state index is 0.592. The van der Waals surface area contributed by atoms with E-state index in [1.54, 1.807) is 6.20 Å². The predicted octanol–water partition coefficient (Wildman–Crippen LogP) is 4.53. The molecule has 1 aliphatic rings. The van der Waals surface area contributed by atoms with Gasteiger partial charge in [0.05, 0.1) is 12.2 Å². The van der Waals surface area contributed by atoms with Gasteiger partial charge in [-0.05, 0) is 62.6 Å². The molecule has 0 aliphatic carbocycles. The Morgan fingerprint density at radius 2 is 1.79 bits per heavy atom. The predicted molar refractivity (Wildman–Crippen MR) is 114 cm³/mol. The first-order chi connectivity index (χ1) is 13.8. The van der Waals surface area contributed by atoms with Crippen LogP contribution in [0.2, 0.25) is 0 Å². The topological polar surface area (TPSA) is 66.0 Å². The Morgan fingerprint density at radius 3 is 2.54 bits per heavy atom. The molecule has 144 valence electrons. The Kier molecular flexibility index (Phi) is 5.66. The van der Waals surface area contributed by atoms with Gasteiger partial charge in [0.15, 0.2) is 0 Å². The van der Waals surface area contributed by atoms with Crippen LogP contribution in [-0.4, -0.2) is 28.0 Å². The lowest BCUT2D eigenvalue weighted by molar-refractivity contribution is 0.578. The normalized spacial score (nSPS) is 14.0. The van der Waals surface area contributed by atoms with Gasteiger partial charge < -0.3 is 15.5 Å². The van der Waals surface area contributed by atoms with Crippen molar-refractivity contribution in [1.82, 2.24) is 15.0 Å². The first-order valence-electron chi connectivity index (χ1n) is 9.88. The van der Waals surface area contributed by atoms with Gasteiger partial charge in [-0.15, -0.1) is 0 Å². The molecular weight excluding hydrogens is 348 g/mol. The van der Waals surface area contributed by atoms with Crippen LogP contribution < -0.4 is 15.5 Å². The van der Waals surface area contributed by atoms with Crippen molar-refractivity contribution in [3.05, 3.63) is 66.1 Å². The van der Waals surface area contributed by atoms with E-state index in [9.17, 15) is 0 Å². The minimum Gasteiger partial charge on any atom is -0.372 e. The molecule has 2 N–H and O–H groups in total. The molecule has 0 bridgehead atoms. The van der Waals surface area contributed by atoms with Crippen LogP contribution in [0.4, 0.5) is 23.1 Å². The molecule has 2 aromatic heterocycles. The van der Waals surface area contributed by atoms with Crippen LogP contribution in [0.3, 0.4) is 0 Å². The summed E-state index contributed by atoms with van der Waals surface area (Å²) in [6.07, 6.45) is 5.71. The van der Waals surface area contributed by atoms with Crippen LogP contribution in [-0.2, 0) is 6.54 Å². The second-order valence-electron chi connectivity index (χ2n) is 7.11. The number of hydrogen-bond donors (Lipinski definition) is 2. The Morgan fingerprint density at radius 1 is 0.964 bits per heavy atom. The maximum atomic E-state index is 4.58. The third-order valence-electron chi connectivity index (χ3n) is 4.87. The Hall–Kier alpha value is -3.15. The number of aryl methyl sites for hydroxylation is 1. The van der Waals surface area contributed by atoms with Crippen molar-refractivity contribution in [3.63, 3.8) is 0 Å². The fourth-order valence-corrected chi connectivity index (χ4v) is 3.44. The molecule has 1 aromatic carbocycles. The summed E-state index contributed by atoms with van der Waals surface area (Å²) in [5.41, 5.74) is 4.18. The molecule has 6 heteroatoms. The summed E-state index contributed by atoms with van der Waals surface area (Å²) in [7, 11) is 0. The average Bonchev–Trinajstić information content (AvgIpc) is 2.74. The smallest absolute Gasteiger partial charge is 0.225 e. The molecule has 0 radical (unpaired) electrons. The number of pyridine rings is 1. The van der Waals surface area contributed by atoms with Gasteiger partial charge in [0.2, 0.25) is 5.95 Å². The first kappa shape index (κ1) is 18.2. The maximum Gasteiger partial charge on any atom is 0.225 e. The molecule has 1 aliphatic heterocycles. The molecule has 0 saturated carbocycles. The standard InChI is InChI=1S/C22H26N6/c1-17-15-21(27-22(25-17)24-16-19-7-3-4-12-23-19)26-18-8-10-20(11-9-18)28-13-5-2-6-14-28/h3-4,7-12,15H,2,5-6,13-14,16H2,1H3,(H2,24,25,26,27). The van der Waals surface area contributed by atoms with Crippen LogP contribution >= 0.6 is 0 Å². The summed E-state index contributed by atoms with van der Waals surface area (Å²) in [5.74, 6) is 1.37. The largest absolute Gasteiger partial charge is 0.372 e. The zero-order chi connectivity index (χ0) is 19.2. The van der Waals surface area contributed by atoms with Crippen molar-refractivity contribution in [2.75, 3.05) is 28.6 Å². The van der Waals surface area contributed by atoms with Crippen molar-refractivity contribution in [2.24, 2.45) is 0 Å². The van der Waals surface area contributed by atoms with Gasteiger partial charge in [0.25, 0.3) is 0 Å². The van der Waals surface area contributed by atoms with Crippen LogP contribution in [0.1, 0.15) is 30.7 Å². The second kappa shape index (κ2) is 8.69. The highest BCUT2D eigenvalue weighted by atomic mass is 15.1. The maximum absolute atomic E-state index is 4.58. The lowest BCUT2D eigenvalue weighted by Crippen LogP contribution is -2.29. The van der Waals surface area contributed by atoms with E-state index in [2.05, 4.69) is 54.8 Å². The molecule has 1 fully saturated rings. The third-order valence-corrected chi connectivity index (χ3v) is 4.87. The quantitative estimate of drug-likeness (QED) is 0.661. The van der Waals surface area contributed by atoms with E-state index in [1.807, 2.05) is 31.2 Å². The van der Waals surface area contributed by atoms with Crippen LogP contribution in [0.15, 0.2) is 54.7 Å². The second-order valence-corrected chi connectivity index (χ2v) is 7.11. The van der Waals surface area contributed by atoms with Crippen molar-refractivity contribution in [2.45, 2.75) is 32.7 Å². The highest BCUT2D eigenvalue weighted by molar-refractivity contribution is 5.61. The van der Waals surface area contributed by atoms with E-state index in [1.165, 1.54) is 24.9 Å². The number of rotatable bonds is 6. The number of benzene rings is 1. The molecule has 0 amide bonds. The van der Waals surface area contributed by atoms with Gasteiger partial charge in [-0.1, -0.05) is 6.07 Å². The van der Waals surface area contributed by atoms with Crippen LogP contribution in [0.5, 0.6) is 0 Å². The molecule has 6 nitrogen and oxygen atoms in total. The van der Waals surface area contributed by atoms with Gasteiger partial charge in [-0.2, -0.15) is 4.98 Å². The van der Waals surface area contributed by atoms with E-state index in [-0.39, 0.29) is 0 Å². The van der Waals surface area contributed by atoms with Crippen LogP contribution in [0.25, 0.3) is 0 Å². The SMILES string of the molecule is Cc1cc(Nc2ccc(N3CCCCC3)cc2)nc(NCc2ccccn2)n1. The number of piperidine rings is 1. The lowest BCUT2D eigenvalue weighted by atomic mass is 10.1. The van der Waals surface area contributed by atoms with Crippen molar-refractivity contribution >= 4 is 23.1 Å². The molecule has 3 aromatic rings. The number of aromatic nitrogens is 3. The van der Waals surface area contributed by atoms with Gasteiger partial charge in [-0.25, -0.2) is 4.98 Å². The molecule has 0 unspecified atom stereocenters. The molecular formula is C22H26N6. The number of hydrogen-bond acceptors (Lipinski definition) is 6. The molecule has 1 saturated heterocycles. The summed E-state index contributed by atoms with van der Waals surface area (Å²) in [6.45, 7) is 4.87. The van der Waals surface area contributed by atoms with E-state index in [0.717, 1.165) is 36.0 Å². The van der Waals surface area contributed by atoms with Gasteiger partial charge in [0.1, 0.15) is 5.82 Å². The summed E-state index contributed by atoms with van der Waals surface area (Å²) in [4.78, 5) is 15.8. The highest BCUT2D eigenvalue weighted by Crippen LogP contribution is 2.23. The summed E-state index contributed by atoms with van der Waals surface area (Å²) >= 11 is 0. The molecule has 0 spiro atoms. The van der Waals surface area contributed by atoms with Gasteiger partial charge in [-0.3, -0.25) is 4.98 Å². The Bertz CT molecular complexity index is 889. The summed E-state index contributed by atoms with van der Waals surface area (Å²) in [6, 6.07) is 16.4. The molecule has 0 atom stereocenters. The number of anilines is 4. The van der Waals surface area contributed by atoms with Crippen molar-refractivity contribution < 1.29 is 0 Å². The lowest BCUT2D eigenvalue weighted by Gasteiger charge is -2.28. The fourth-order valence-electron chi connectivity index (χ4n) is 3.44. The minimum absolute atomic E-state index is 0.592. The first-order valence-corrected chi connectivity index (χ1v) is 9.88. The van der Waals surface area contributed by atoms with E-state index < -0.39 is 0 Å². The molecule has 4 rings (SSSR count). The van der Waals surface area contributed by atoms with Gasteiger partial charge >= 0.3 is 0 Å². The van der Waals surface area contributed by atoms with Crippen LogP contribution in [0, 0.1) is 6.92 Å². The zero-order valence-electron chi connectivity index (χ0n) is 16.2. The third kappa shape index (κ3) is 4.76. The van der Waals surface area contributed by atoms with Crippen molar-refractivity contribution in [1.29, 1.82) is 0 Å². The molecule has 28 heavy (non-hydrogen) atoms. The zero-order valence-corrected chi connectivity index (χ0v) is 16.2. The number of nitrogens with zero attached hydrogens (tertiary/aromatic N) is 4. The fraction of sp³-hybridized carbons (Fsp3) is 0.318. The monoisotopic (exact) mass is 374 g/mol. The van der Waals surface area contributed by atoms with E-state index in [0.29, 0.717) is 12.5 Å². The summed E-state index contributed by atoms with van der Waals surface area (Å²) in [5, 5.41) is 6.64. The Balaban J connectivity index is 1.41.